The molecule has 1 atom stereocenters. The highest BCUT2D eigenvalue weighted by Gasteiger charge is 2.14. The fourth-order valence-electron chi connectivity index (χ4n) is 2.19. The minimum absolute atomic E-state index is 0.230. The van der Waals surface area contributed by atoms with Crippen LogP contribution in [0.1, 0.15) is 25.0 Å². The van der Waals surface area contributed by atoms with Gasteiger partial charge < -0.3 is 10.1 Å². The van der Waals surface area contributed by atoms with Gasteiger partial charge in [-0.1, -0.05) is 48.5 Å². The molecule has 3 nitrogen and oxygen atoms in total. The van der Waals surface area contributed by atoms with Gasteiger partial charge in [-0.25, -0.2) is 4.79 Å². The summed E-state index contributed by atoms with van der Waals surface area (Å²) in [5.41, 5.74) is 3.39. The maximum Gasteiger partial charge on any atom is 0.328 e. The van der Waals surface area contributed by atoms with E-state index in [1.54, 1.807) is 0 Å². The number of hydrogen-bond acceptors (Lipinski definition) is 3. The Morgan fingerprint density at radius 3 is 2.48 bits per heavy atom. The quantitative estimate of drug-likeness (QED) is 0.823. The van der Waals surface area contributed by atoms with Crippen LogP contribution in [0, 0.1) is 0 Å². The molecule has 2 aromatic carbocycles. The predicted octanol–water partition coefficient (Wildman–Crippen LogP) is 3.64. The normalized spacial score (nSPS) is 11.7. The first-order valence-corrected chi connectivity index (χ1v) is 7.25. The van der Waals surface area contributed by atoms with Crippen LogP contribution in [0.3, 0.4) is 0 Å². The Morgan fingerprint density at radius 1 is 1.10 bits per heavy atom. The second-order valence-corrected chi connectivity index (χ2v) is 4.94. The van der Waals surface area contributed by atoms with Crippen molar-refractivity contribution in [2.45, 2.75) is 26.3 Å². The second kappa shape index (κ2) is 7.48. The van der Waals surface area contributed by atoms with Crippen LogP contribution in [-0.2, 0) is 16.0 Å². The van der Waals surface area contributed by atoms with Crippen molar-refractivity contribution >= 4 is 11.7 Å². The van der Waals surface area contributed by atoms with Gasteiger partial charge in [-0.3, -0.25) is 0 Å². The highest BCUT2D eigenvalue weighted by Crippen LogP contribution is 2.20. The van der Waals surface area contributed by atoms with Crippen molar-refractivity contribution < 1.29 is 9.53 Å². The molecule has 0 fully saturated rings. The zero-order valence-corrected chi connectivity index (χ0v) is 12.5. The van der Waals surface area contributed by atoms with Crippen LogP contribution < -0.4 is 5.32 Å². The Hall–Kier alpha value is -2.29. The molecule has 1 N–H and O–H groups in total. The first kappa shape index (κ1) is 15.1. The molecule has 0 amide bonds. The third kappa shape index (κ3) is 4.35. The molecule has 2 rings (SSSR count). The number of carbonyl (C=O) groups excluding carboxylic acids is 1. The zero-order chi connectivity index (χ0) is 15.1. The zero-order valence-electron chi connectivity index (χ0n) is 12.5. The van der Waals surface area contributed by atoms with E-state index in [1.807, 2.05) is 50.2 Å². The van der Waals surface area contributed by atoms with Crippen LogP contribution in [-0.4, -0.2) is 18.6 Å². The molecular formula is C18H21NO2. The highest BCUT2D eigenvalue weighted by atomic mass is 16.5. The van der Waals surface area contributed by atoms with E-state index >= 15 is 0 Å². The third-order valence-electron chi connectivity index (χ3n) is 3.27. The molecule has 0 aliphatic rings. The van der Waals surface area contributed by atoms with Crippen molar-refractivity contribution in [1.82, 2.24) is 0 Å². The molecule has 1 unspecified atom stereocenters. The van der Waals surface area contributed by atoms with Gasteiger partial charge in [-0.15, -0.1) is 0 Å². The number of ether oxygens (including phenoxy) is 1. The van der Waals surface area contributed by atoms with Gasteiger partial charge in [0.15, 0.2) is 0 Å². The van der Waals surface area contributed by atoms with E-state index in [1.165, 1.54) is 11.1 Å². The van der Waals surface area contributed by atoms with Gasteiger partial charge in [-0.2, -0.15) is 0 Å². The van der Waals surface area contributed by atoms with Gasteiger partial charge in [0.25, 0.3) is 0 Å². The topological polar surface area (TPSA) is 38.3 Å². The number of anilines is 1. The van der Waals surface area contributed by atoms with E-state index in [-0.39, 0.29) is 12.0 Å². The Labute approximate surface area is 126 Å². The van der Waals surface area contributed by atoms with Crippen LogP contribution in [0.4, 0.5) is 5.69 Å². The average molecular weight is 283 g/mol. The van der Waals surface area contributed by atoms with Gasteiger partial charge in [0.05, 0.1) is 6.61 Å². The number of rotatable bonds is 6. The fraction of sp³-hybridized carbons (Fsp3) is 0.278. The first-order chi connectivity index (χ1) is 10.2. The van der Waals surface area contributed by atoms with Crippen LogP contribution in [0.2, 0.25) is 0 Å². The largest absolute Gasteiger partial charge is 0.464 e. The molecule has 0 aliphatic carbocycles. The van der Waals surface area contributed by atoms with E-state index in [9.17, 15) is 4.79 Å². The molecular weight excluding hydrogens is 262 g/mol. The standard InChI is InChI=1S/C18H21NO2/c1-3-21-18(20)14(2)19-17-12-8-7-11-16(17)13-15-9-5-4-6-10-15/h4-12,14,19H,3,13H2,1-2H3. The number of hydrogen-bond donors (Lipinski definition) is 1. The number of esters is 1. The van der Waals surface area contributed by atoms with Gasteiger partial charge in [0.2, 0.25) is 0 Å². The molecule has 0 aliphatic heterocycles. The minimum atomic E-state index is -0.359. The SMILES string of the molecule is CCOC(=O)C(C)Nc1ccccc1Cc1ccccc1. The van der Waals surface area contributed by atoms with E-state index < -0.39 is 0 Å². The summed E-state index contributed by atoms with van der Waals surface area (Å²) < 4.78 is 5.03. The van der Waals surface area contributed by atoms with Crippen LogP contribution in [0.25, 0.3) is 0 Å². The van der Waals surface area contributed by atoms with Gasteiger partial charge in [0, 0.05) is 5.69 Å². The lowest BCUT2D eigenvalue weighted by molar-refractivity contribution is -0.143. The number of para-hydroxylation sites is 1. The van der Waals surface area contributed by atoms with Crippen molar-refractivity contribution in [2.75, 3.05) is 11.9 Å². The fourth-order valence-corrected chi connectivity index (χ4v) is 2.19. The third-order valence-corrected chi connectivity index (χ3v) is 3.27. The lowest BCUT2D eigenvalue weighted by Gasteiger charge is -2.17. The molecule has 110 valence electrons. The molecule has 21 heavy (non-hydrogen) atoms. The molecule has 0 aromatic heterocycles. The summed E-state index contributed by atoms with van der Waals surface area (Å²) in [6, 6.07) is 18.0. The van der Waals surface area contributed by atoms with Crippen LogP contribution >= 0.6 is 0 Å². The first-order valence-electron chi connectivity index (χ1n) is 7.25. The summed E-state index contributed by atoms with van der Waals surface area (Å²) in [7, 11) is 0. The number of benzene rings is 2. The Kier molecular flexibility index (Phi) is 5.38. The molecule has 0 heterocycles. The van der Waals surface area contributed by atoms with Crippen molar-refractivity contribution in [2.24, 2.45) is 0 Å². The molecule has 0 spiro atoms. The molecule has 0 bridgehead atoms. The Bertz CT molecular complexity index is 581. The summed E-state index contributed by atoms with van der Waals surface area (Å²) in [6.45, 7) is 4.03. The molecule has 2 aromatic rings. The van der Waals surface area contributed by atoms with Crippen molar-refractivity contribution in [3.8, 4) is 0 Å². The highest BCUT2D eigenvalue weighted by molar-refractivity contribution is 5.79. The smallest absolute Gasteiger partial charge is 0.328 e. The van der Waals surface area contributed by atoms with Gasteiger partial charge in [-0.05, 0) is 37.5 Å². The monoisotopic (exact) mass is 283 g/mol. The van der Waals surface area contributed by atoms with E-state index in [0.29, 0.717) is 6.61 Å². The summed E-state index contributed by atoms with van der Waals surface area (Å²) in [4.78, 5) is 11.7. The average Bonchev–Trinajstić information content (AvgIpc) is 2.50. The molecule has 0 saturated carbocycles. The summed E-state index contributed by atoms with van der Waals surface area (Å²) in [5.74, 6) is -0.230. The summed E-state index contributed by atoms with van der Waals surface area (Å²) >= 11 is 0. The van der Waals surface area contributed by atoms with Crippen molar-refractivity contribution in [3.05, 3.63) is 65.7 Å². The van der Waals surface area contributed by atoms with E-state index in [4.69, 9.17) is 4.74 Å². The van der Waals surface area contributed by atoms with Gasteiger partial charge >= 0.3 is 5.97 Å². The lowest BCUT2D eigenvalue weighted by Crippen LogP contribution is -2.28. The second-order valence-electron chi connectivity index (χ2n) is 4.94. The maximum atomic E-state index is 11.7. The molecule has 3 heteroatoms. The Balaban J connectivity index is 2.12. The van der Waals surface area contributed by atoms with Crippen molar-refractivity contribution in [3.63, 3.8) is 0 Å². The van der Waals surface area contributed by atoms with E-state index in [2.05, 4.69) is 23.5 Å². The molecule has 0 saturated heterocycles. The van der Waals surface area contributed by atoms with Crippen LogP contribution in [0.5, 0.6) is 0 Å². The molecule has 0 radical (unpaired) electrons. The summed E-state index contributed by atoms with van der Waals surface area (Å²) in [6.07, 6.45) is 0.833. The van der Waals surface area contributed by atoms with Crippen molar-refractivity contribution in [1.29, 1.82) is 0 Å². The minimum Gasteiger partial charge on any atom is -0.464 e. The van der Waals surface area contributed by atoms with Gasteiger partial charge in [0.1, 0.15) is 6.04 Å². The maximum absolute atomic E-state index is 11.7. The number of carbonyl (C=O) groups is 1. The Morgan fingerprint density at radius 2 is 1.76 bits per heavy atom. The summed E-state index contributed by atoms with van der Waals surface area (Å²) in [5, 5.41) is 3.24. The van der Waals surface area contributed by atoms with E-state index in [0.717, 1.165) is 12.1 Å². The number of nitrogens with one attached hydrogen (secondary N) is 1. The predicted molar refractivity (Wildman–Crippen MR) is 85.4 cm³/mol. The van der Waals surface area contributed by atoms with Crippen LogP contribution in [0.15, 0.2) is 54.6 Å². The lowest BCUT2D eigenvalue weighted by atomic mass is 10.0.